The minimum atomic E-state index is -0.256. The Labute approximate surface area is 215 Å². The number of hydrogen-bond donors (Lipinski definition) is 0. The van der Waals surface area contributed by atoms with Crippen molar-refractivity contribution in [2.24, 2.45) is 17.9 Å². The van der Waals surface area contributed by atoms with Gasteiger partial charge in [0.2, 0.25) is 0 Å². The smallest absolute Gasteiger partial charge is 0.162 e. The minimum Gasteiger partial charge on any atom is -0.350 e. The number of aromatic nitrogens is 1. The molecule has 4 heteroatoms. The number of rotatable bonds is 2. The molecular formula is C32H40N2O2. The van der Waals surface area contributed by atoms with E-state index in [0.717, 1.165) is 53.3 Å². The number of hydrogen-bond acceptors (Lipinski definition) is 3. The van der Waals surface area contributed by atoms with Crippen molar-refractivity contribution in [3.05, 3.63) is 58.6 Å². The van der Waals surface area contributed by atoms with E-state index in [0.29, 0.717) is 18.9 Å². The molecule has 0 bridgehead atoms. The third-order valence-electron chi connectivity index (χ3n) is 9.13. The monoisotopic (exact) mass is 484 g/mol. The first-order chi connectivity index (χ1) is 17.1. The molecule has 6 rings (SSSR count). The second-order valence-corrected chi connectivity index (χ2v) is 13.4. The van der Waals surface area contributed by atoms with Gasteiger partial charge in [-0.25, -0.2) is 0 Å². The highest BCUT2D eigenvalue weighted by Gasteiger charge is 2.50. The summed E-state index contributed by atoms with van der Waals surface area (Å²) in [7, 11) is 2.07. The number of Topliss-reactive ketones (excluding diaryl/α,β-unsaturated/α-hetero) is 2. The third-order valence-corrected chi connectivity index (χ3v) is 9.13. The predicted molar refractivity (Wildman–Crippen MR) is 144 cm³/mol. The van der Waals surface area contributed by atoms with Gasteiger partial charge < -0.3 is 9.47 Å². The lowest BCUT2D eigenvalue weighted by Gasteiger charge is -2.52. The van der Waals surface area contributed by atoms with E-state index in [1.807, 2.05) is 0 Å². The molecule has 1 fully saturated rings. The predicted octanol–water partition coefficient (Wildman–Crippen LogP) is 7.20. The molecule has 0 spiro atoms. The van der Waals surface area contributed by atoms with Crippen molar-refractivity contribution in [1.82, 2.24) is 9.47 Å². The van der Waals surface area contributed by atoms with Crippen LogP contribution in [0, 0.1) is 10.8 Å². The zero-order valence-electron chi connectivity index (χ0n) is 22.6. The number of nitrogens with zero attached hydrogens (tertiary/aromatic N) is 2. The van der Waals surface area contributed by atoms with E-state index in [-0.39, 0.29) is 28.3 Å². The zero-order chi connectivity index (χ0) is 25.4. The Balaban J connectivity index is 1.65. The van der Waals surface area contributed by atoms with E-state index in [1.165, 1.54) is 30.7 Å². The van der Waals surface area contributed by atoms with Gasteiger partial charge in [0.05, 0.1) is 0 Å². The number of carbonyl (C=O) groups is 2. The van der Waals surface area contributed by atoms with Crippen LogP contribution < -0.4 is 0 Å². The quantitative estimate of drug-likeness (QED) is 0.453. The van der Waals surface area contributed by atoms with Crippen molar-refractivity contribution in [2.45, 2.75) is 97.4 Å². The fourth-order valence-corrected chi connectivity index (χ4v) is 7.69. The van der Waals surface area contributed by atoms with Gasteiger partial charge in [0.15, 0.2) is 11.6 Å². The Hall–Kier alpha value is -2.62. The molecule has 1 aromatic carbocycles. The molecule has 4 aliphatic rings. The van der Waals surface area contributed by atoms with Crippen LogP contribution in [0.3, 0.4) is 0 Å². The standard InChI is InChI=1S/C32H40N2O2/c1-31(2)15-24-29(26(35)17-31)28(22-19-33(5)23-14-10-9-13-21(22)23)30-25(16-32(3,4)18-27(30)36)34(24)20-11-7-6-8-12-20/h9-10,13-14,19-20,28H,6-8,11-12,15-18H2,1-5H3. The lowest BCUT2D eigenvalue weighted by Crippen LogP contribution is -2.48. The molecule has 1 aromatic heterocycles. The number of aryl methyl sites for hydroxylation is 1. The molecule has 1 aliphatic heterocycles. The van der Waals surface area contributed by atoms with E-state index in [1.54, 1.807) is 0 Å². The largest absolute Gasteiger partial charge is 0.350 e. The first-order valence-electron chi connectivity index (χ1n) is 13.9. The van der Waals surface area contributed by atoms with Crippen LogP contribution in [-0.2, 0) is 16.6 Å². The third kappa shape index (κ3) is 3.71. The van der Waals surface area contributed by atoms with Gasteiger partial charge in [0, 0.05) is 71.5 Å². The molecule has 0 atom stereocenters. The van der Waals surface area contributed by atoms with Crippen molar-refractivity contribution >= 4 is 22.5 Å². The molecular weight excluding hydrogens is 444 g/mol. The number of allylic oxidation sites excluding steroid dienone is 4. The van der Waals surface area contributed by atoms with Crippen LogP contribution in [0.15, 0.2) is 53.0 Å². The Morgan fingerprint density at radius 2 is 1.33 bits per heavy atom. The van der Waals surface area contributed by atoms with Gasteiger partial charge in [-0.15, -0.1) is 0 Å². The second kappa shape index (κ2) is 8.19. The number of fused-ring (bicyclic) bond motifs is 1. The lowest BCUT2D eigenvalue weighted by molar-refractivity contribution is -0.119. The summed E-state index contributed by atoms with van der Waals surface area (Å²) >= 11 is 0. The molecule has 0 amide bonds. The molecule has 0 radical (unpaired) electrons. The maximum absolute atomic E-state index is 14.1. The Morgan fingerprint density at radius 1 is 0.778 bits per heavy atom. The van der Waals surface area contributed by atoms with Crippen LogP contribution in [0.5, 0.6) is 0 Å². The van der Waals surface area contributed by atoms with Gasteiger partial charge in [-0.3, -0.25) is 9.59 Å². The van der Waals surface area contributed by atoms with E-state index < -0.39 is 0 Å². The van der Waals surface area contributed by atoms with Crippen LogP contribution >= 0.6 is 0 Å². The SMILES string of the molecule is Cn1cc(C2C3=C(CC(C)(C)CC3=O)N(C3CCCCC3)C3=C2C(=O)CC(C)(C)C3)c2ccccc21. The number of carbonyl (C=O) groups excluding carboxylic acids is 2. The van der Waals surface area contributed by atoms with Crippen molar-refractivity contribution in [2.75, 3.05) is 0 Å². The maximum Gasteiger partial charge on any atom is 0.162 e. The lowest BCUT2D eigenvalue weighted by atomic mass is 9.63. The molecule has 0 unspecified atom stereocenters. The van der Waals surface area contributed by atoms with Gasteiger partial charge in [-0.2, -0.15) is 0 Å². The maximum atomic E-state index is 14.1. The highest BCUT2D eigenvalue weighted by atomic mass is 16.1. The topological polar surface area (TPSA) is 42.3 Å². The van der Waals surface area contributed by atoms with Crippen molar-refractivity contribution in [3.63, 3.8) is 0 Å². The molecule has 3 aliphatic carbocycles. The molecule has 1 saturated carbocycles. The fourth-order valence-electron chi connectivity index (χ4n) is 7.69. The highest BCUT2D eigenvalue weighted by Crippen LogP contribution is 2.56. The van der Waals surface area contributed by atoms with E-state index in [2.05, 4.69) is 74.7 Å². The average Bonchev–Trinajstić information content (AvgIpc) is 3.13. The summed E-state index contributed by atoms with van der Waals surface area (Å²) < 4.78 is 2.16. The number of ketones is 2. The van der Waals surface area contributed by atoms with Crippen LogP contribution in [-0.4, -0.2) is 27.1 Å². The Morgan fingerprint density at radius 3 is 1.92 bits per heavy atom. The molecule has 2 aromatic rings. The summed E-state index contributed by atoms with van der Waals surface area (Å²) in [5.41, 5.74) is 6.43. The normalized spacial score (nSPS) is 25.0. The van der Waals surface area contributed by atoms with Crippen molar-refractivity contribution in [3.8, 4) is 0 Å². The Bertz CT molecular complexity index is 1280. The van der Waals surface area contributed by atoms with Crippen molar-refractivity contribution in [1.29, 1.82) is 0 Å². The summed E-state index contributed by atoms with van der Waals surface area (Å²) in [5, 5.41) is 1.16. The van der Waals surface area contributed by atoms with Gasteiger partial charge in [-0.1, -0.05) is 65.2 Å². The first kappa shape index (κ1) is 23.8. The molecule has 4 nitrogen and oxygen atoms in total. The summed E-state index contributed by atoms with van der Waals surface area (Å²) in [4.78, 5) is 30.7. The summed E-state index contributed by atoms with van der Waals surface area (Å²) in [6.45, 7) is 8.95. The van der Waals surface area contributed by atoms with Crippen LogP contribution in [0.25, 0.3) is 10.9 Å². The molecule has 190 valence electrons. The summed E-state index contributed by atoms with van der Waals surface area (Å²) in [6.07, 6.45) is 11.1. The van der Waals surface area contributed by atoms with Crippen LogP contribution in [0.4, 0.5) is 0 Å². The summed E-state index contributed by atoms with van der Waals surface area (Å²) in [6, 6.07) is 8.83. The molecule has 2 heterocycles. The minimum absolute atomic E-state index is 0.0710. The zero-order valence-corrected chi connectivity index (χ0v) is 22.6. The number of para-hydroxylation sites is 1. The first-order valence-corrected chi connectivity index (χ1v) is 13.9. The van der Waals surface area contributed by atoms with E-state index in [4.69, 9.17) is 0 Å². The highest BCUT2D eigenvalue weighted by molar-refractivity contribution is 6.08. The molecule has 0 saturated heterocycles. The van der Waals surface area contributed by atoms with Crippen molar-refractivity contribution < 1.29 is 9.59 Å². The second-order valence-electron chi connectivity index (χ2n) is 13.4. The average molecular weight is 485 g/mol. The van der Waals surface area contributed by atoms with Gasteiger partial charge in [0.25, 0.3) is 0 Å². The molecule has 0 N–H and O–H groups in total. The fraction of sp³-hybridized carbons (Fsp3) is 0.562. The van der Waals surface area contributed by atoms with Gasteiger partial charge >= 0.3 is 0 Å². The Kier molecular flexibility index (Phi) is 5.41. The van der Waals surface area contributed by atoms with Crippen LogP contribution in [0.2, 0.25) is 0 Å². The van der Waals surface area contributed by atoms with E-state index in [9.17, 15) is 9.59 Å². The van der Waals surface area contributed by atoms with Gasteiger partial charge in [-0.05, 0) is 48.1 Å². The van der Waals surface area contributed by atoms with Crippen LogP contribution in [0.1, 0.15) is 97.0 Å². The van der Waals surface area contributed by atoms with Gasteiger partial charge in [0.1, 0.15) is 0 Å². The molecule has 36 heavy (non-hydrogen) atoms. The number of benzene rings is 1. The summed E-state index contributed by atoms with van der Waals surface area (Å²) in [5.74, 6) is 0.224. The van der Waals surface area contributed by atoms with E-state index >= 15 is 0 Å².